The molecule has 2 bridgehead atoms. The molecule has 3 atom stereocenters. The Morgan fingerprint density at radius 3 is 2.95 bits per heavy atom. The predicted molar refractivity (Wildman–Crippen MR) is 80.3 cm³/mol. The number of hydrogen-bond acceptors (Lipinski definition) is 4. The molecular weight excluding hydrogens is 288 g/mol. The van der Waals surface area contributed by atoms with Crippen LogP contribution in [-0.4, -0.2) is 49.1 Å². The number of carbonyl (C=O) groups excluding carboxylic acids is 2. The Morgan fingerprint density at radius 2 is 2.33 bits per heavy atom. The van der Waals surface area contributed by atoms with Crippen molar-refractivity contribution in [3.8, 4) is 0 Å². The van der Waals surface area contributed by atoms with Gasteiger partial charge in [0.1, 0.15) is 0 Å². The minimum absolute atomic E-state index is 0.0137. The van der Waals surface area contributed by atoms with E-state index in [1.807, 2.05) is 22.4 Å². The summed E-state index contributed by atoms with van der Waals surface area (Å²) in [4.78, 5) is 26.9. The van der Waals surface area contributed by atoms with E-state index >= 15 is 0 Å². The average molecular weight is 308 g/mol. The van der Waals surface area contributed by atoms with Crippen molar-refractivity contribution in [2.45, 2.75) is 31.3 Å². The van der Waals surface area contributed by atoms with Gasteiger partial charge in [0.15, 0.2) is 0 Å². The molecule has 1 aromatic heterocycles. The highest BCUT2D eigenvalue weighted by Crippen LogP contribution is 2.38. The maximum atomic E-state index is 12.1. The summed E-state index contributed by atoms with van der Waals surface area (Å²) in [5.41, 5.74) is 0. The van der Waals surface area contributed by atoms with E-state index in [9.17, 15) is 9.59 Å². The number of thiophene rings is 1. The van der Waals surface area contributed by atoms with Crippen LogP contribution < -0.4 is 5.32 Å². The van der Waals surface area contributed by atoms with Crippen LogP contribution in [0.3, 0.4) is 0 Å². The second-order valence-corrected chi connectivity index (χ2v) is 6.68. The number of nitrogens with zero attached hydrogens (tertiary/aromatic N) is 1. The molecule has 2 fully saturated rings. The van der Waals surface area contributed by atoms with Crippen LogP contribution >= 0.6 is 11.3 Å². The van der Waals surface area contributed by atoms with E-state index in [1.165, 1.54) is 11.3 Å². The lowest BCUT2D eigenvalue weighted by molar-refractivity contribution is -0.133. The van der Waals surface area contributed by atoms with Gasteiger partial charge in [0, 0.05) is 25.7 Å². The summed E-state index contributed by atoms with van der Waals surface area (Å²) in [5.74, 6) is 0.581. The second kappa shape index (κ2) is 6.15. The van der Waals surface area contributed by atoms with Crippen LogP contribution in [0.5, 0.6) is 0 Å². The fourth-order valence-corrected chi connectivity index (χ4v) is 4.04. The molecule has 2 amide bonds. The van der Waals surface area contributed by atoms with Gasteiger partial charge in [-0.3, -0.25) is 9.59 Å². The first-order chi connectivity index (χ1) is 10.2. The van der Waals surface area contributed by atoms with E-state index < -0.39 is 0 Å². The fraction of sp³-hybridized carbons (Fsp3) is 0.600. The number of rotatable bonds is 5. The smallest absolute Gasteiger partial charge is 0.261 e. The van der Waals surface area contributed by atoms with E-state index in [0.717, 1.165) is 24.3 Å². The van der Waals surface area contributed by atoms with Gasteiger partial charge in [0.2, 0.25) is 5.91 Å². The van der Waals surface area contributed by atoms with E-state index in [1.54, 1.807) is 7.11 Å². The van der Waals surface area contributed by atoms with Crippen molar-refractivity contribution in [3.05, 3.63) is 22.4 Å². The zero-order valence-corrected chi connectivity index (χ0v) is 12.9. The van der Waals surface area contributed by atoms with Gasteiger partial charge in [-0.15, -0.1) is 11.3 Å². The molecule has 5 nitrogen and oxygen atoms in total. The van der Waals surface area contributed by atoms with Gasteiger partial charge < -0.3 is 15.0 Å². The quantitative estimate of drug-likeness (QED) is 0.897. The Kier molecular flexibility index (Phi) is 4.26. The van der Waals surface area contributed by atoms with Gasteiger partial charge in [-0.25, -0.2) is 0 Å². The third kappa shape index (κ3) is 2.96. The number of carbonyl (C=O) groups is 2. The van der Waals surface area contributed by atoms with Gasteiger partial charge in [-0.1, -0.05) is 6.07 Å². The van der Waals surface area contributed by atoms with Crippen LogP contribution in [0.1, 0.15) is 28.9 Å². The number of hydrogen-bond donors (Lipinski definition) is 1. The summed E-state index contributed by atoms with van der Waals surface area (Å²) in [6.45, 7) is 1.24. The number of methoxy groups -OCH3 is 1. The molecule has 0 radical (unpaired) electrons. The number of likely N-dealkylation sites (tertiary alicyclic amines) is 1. The van der Waals surface area contributed by atoms with Gasteiger partial charge in [0.25, 0.3) is 5.91 Å². The minimum atomic E-state index is 0.0137. The highest BCUT2D eigenvalue weighted by Gasteiger charge is 2.46. The molecule has 2 heterocycles. The average Bonchev–Trinajstić information content (AvgIpc) is 3.19. The summed E-state index contributed by atoms with van der Waals surface area (Å²) < 4.78 is 4.96. The Morgan fingerprint density at radius 1 is 1.48 bits per heavy atom. The normalized spacial score (nSPS) is 27.1. The van der Waals surface area contributed by atoms with Crippen LogP contribution in [0.25, 0.3) is 0 Å². The number of nitrogens with one attached hydrogen (secondary N) is 1. The number of ether oxygens (including phenoxy) is 1. The van der Waals surface area contributed by atoms with Crippen molar-refractivity contribution in [3.63, 3.8) is 0 Å². The molecule has 0 spiro atoms. The minimum Gasteiger partial charge on any atom is -0.384 e. The molecular formula is C15H20N2O3S. The summed E-state index contributed by atoms with van der Waals surface area (Å²) in [7, 11) is 1.61. The maximum absolute atomic E-state index is 12.1. The topological polar surface area (TPSA) is 58.6 Å². The van der Waals surface area contributed by atoms with Crippen LogP contribution in [0.2, 0.25) is 0 Å². The van der Waals surface area contributed by atoms with Crippen LogP contribution in [0.4, 0.5) is 0 Å². The first kappa shape index (κ1) is 14.5. The van der Waals surface area contributed by atoms with E-state index in [-0.39, 0.29) is 23.9 Å². The first-order valence-electron chi connectivity index (χ1n) is 7.32. The lowest BCUT2D eigenvalue weighted by atomic mass is 10.0. The molecule has 1 saturated carbocycles. The molecule has 0 aromatic carbocycles. The molecule has 3 rings (SSSR count). The molecule has 1 aromatic rings. The molecule has 6 heteroatoms. The number of fused-ring (bicyclic) bond motifs is 2. The Hall–Kier alpha value is -1.40. The molecule has 2 aliphatic rings. The lowest BCUT2D eigenvalue weighted by Gasteiger charge is -2.32. The Bertz CT molecular complexity index is 517. The summed E-state index contributed by atoms with van der Waals surface area (Å²) in [6, 6.07) is 4.22. The van der Waals surface area contributed by atoms with Crippen molar-refractivity contribution in [1.29, 1.82) is 0 Å². The second-order valence-electron chi connectivity index (χ2n) is 5.73. The van der Waals surface area contributed by atoms with E-state index in [0.29, 0.717) is 18.9 Å². The first-order valence-corrected chi connectivity index (χ1v) is 8.19. The molecule has 3 unspecified atom stereocenters. The summed E-state index contributed by atoms with van der Waals surface area (Å²) in [5, 5.41) is 5.03. The summed E-state index contributed by atoms with van der Waals surface area (Å²) >= 11 is 1.46. The predicted octanol–water partition coefficient (Wildman–Crippen LogP) is 1.50. The van der Waals surface area contributed by atoms with E-state index in [4.69, 9.17) is 4.74 Å². The largest absolute Gasteiger partial charge is 0.384 e. The third-order valence-corrected chi connectivity index (χ3v) is 5.31. The SMILES string of the molecule is COCCC(=O)N1CC2CC1CC2NC(=O)c1cccs1. The molecule has 1 saturated heterocycles. The third-order valence-electron chi connectivity index (χ3n) is 4.44. The molecule has 1 N–H and O–H groups in total. The molecule has 21 heavy (non-hydrogen) atoms. The molecule has 1 aliphatic carbocycles. The van der Waals surface area contributed by atoms with Crippen molar-refractivity contribution in [2.24, 2.45) is 5.92 Å². The van der Waals surface area contributed by atoms with E-state index in [2.05, 4.69) is 5.32 Å². The van der Waals surface area contributed by atoms with Crippen LogP contribution in [-0.2, 0) is 9.53 Å². The van der Waals surface area contributed by atoms with Gasteiger partial charge >= 0.3 is 0 Å². The van der Waals surface area contributed by atoms with Gasteiger partial charge in [0.05, 0.1) is 17.9 Å². The standard InChI is InChI=1S/C15H20N2O3S/c1-20-5-4-14(18)17-9-10-7-11(17)8-12(10)16-15(19)13-3-2-6-21-13/h2-3,6,10-12H,4-5,7-9H2,1H3,(H,16,19). The van der Waals surface area contributed by atoms with Crippen molar-refractivity contribution < 1.29 is 14.3 Å². The Labute approximate surface area is 128 Å². The number of amides is 2. The highest BCUT2D eigenvalue weighted by atomic mass is 32.1. The van der Waals surface area contributed by atoms with Gasteiger partial charge in [-0.2, -0.15) is 0 Å². The number of piperidine rings is 1. The van der Waals surface area contributed by atoms with Crippen LogP contribution in [0, 0.1) is 5.92 Å². The molecule has 114 valence electrons. The van der Waals surface area contributed by atoms with Crippen LogP contribution in [0.15, 0.2) is 17.5 Å². The zero-order chi connectivity index (χ0) is 14.8. The Balaban J connectivity index is 1.53. The lowest BCUT2D eigenvalue weighted by Crippen LogP contribution is -2.47. The fourth-order valence-electron chi connectivity index (χ4n) is 3.42. The van der Waals surface area contributed by atoms with Gasteiger partial charge in [-0.05, 0) is 30.2 Å². The summed E-state index contributed by atoms with van der Waals surface area (Å²) in [6.07, 6.45) is 2.33. The van der Waals surface area contributed by atoms with Crippen molar-refractivity contribution >= 4 is 23.2 Å². The maximum Gasteiger partial charge on any atom is 0.261 e. The van der Waals surface area contributed by atoms with Crippen molar-refractivity contribution in [1.82, 2.24) is 10.2 Å². The zero-order valence-electron chi connectivity index (χ0n) is 12.1. The van der Waals surface area contributed by atoms with Crippen molar-refractivity contribution in [2.75, 3.05) is 20.3 Å². The molecule has 1 aliphatic heterocycles. The monoisotopic (exact) mass is 308 g/mol. The highest BCUT2D eigenvalue weighted by molar-refractivity contribution is 7.12.